The molecule has 0 radical (unpaired) electrons. The number of nitrogens with one attached hydrogen (secondary N) is 1. The molecule has 1 N–H and O–H groups in total. The zero-order valence-electron chi connectivity index (χ0n) is 16.6. The second kappa shape index (κ2) is 9.24. The normalized spacial score (nSPS) is 16.2. The molecule has 156 valence electrons. The van der Waals surface area contributed by atoms with Crippen molar-refractivity contribution in [2.45, 2.75) is 11.0 Å². The highest BCUT2D eigenvalue weighted by Crippen LogP contribution is 2.45. The maximum absolute atomic E-state index is 12.8. The number of nitrogens with zero attached hydrogens (tertiary/aromatic N) is 1. The van der Waals surface area contributed by atoms with Crippen LogP contribution in [0.5, 0.6) is 0 Å². The molecule has 6 nitrogen and oxygen atoms in total. The number of fused-ring (bicyclic) bond motifs is 1. The summed E-state index contributed by atoms with van der Waals surface area (Å²) in [5, 5.41) is 2.91. The molecular weight excluding hydrogens is 420 g/mol. The number of methoxy groups -OCH3 is 1. The molecule has 1 fully saturated rings. The SMILES string of the molecule is COCCCN1C(=O)c2ccc(C(=O)Nc3cccc(C4SCCS4)c3)cc2C1=O. The average molecular weight is 443 g/mol. The van der Waals surface area contributed by atoms with E-state index in [0.717, 1.165) is 17.2 Å². The van der Waals surface area contributed by atoms with E-state index in [1.807, 2.05) is 41.7 Å². The number of amides is 3. The van der Waals surface area contributed by atoms with Gasteiger partial charge in [-0.25, -0.2) is 0 Å². The Labute approximate surface area is 183 Å². The Bertz CT molecular complexity index is 989. The van der Waals surface area contributed by atoms with Gasteiger partial charge in [-0.05, 0) is 42.3 Å². The zero-order chi connectivity index (χ0) is 21.1. The van der Waals surface area contributed by atoms with E-state index < -0.39 is 0 Å². The van der Waals surface area contributed by atoms with Crippen molar-refractivity contribution in [3.8, 4) is 0 Å². The number of rotatable bonds is 7. The van der Waals surface area contributed by atoms with Gasteiger partial charge in [0.1, 0.15) is 0 Å². The third kappa shape index (κ3) is 4.26. The summed E-state index contributed by atoms with van der Waals surface area (Å²) >= 11 is 3.82. The van der Waals surface area contributed by atoms with Gasteiger partial charge in [-0.3, -0.25) is 19.3 Å². The number of hydrogen-bond acceptors (Lipinski definition) is 6. The number of hydrogen-bond donors (Lipinski definition) is 1. The summed E-state index contributed by atoms with van der Waals surface area (Å²) in [5.41, 5.74) is 2.86. The van der Waals surface area contributed by atoms with Crippen LogP contribution in [0, 0.1) is 0 Å². The van der Waals surface area contributed by atoms with Gasteiger partial charge < -0.3 is 10.1 Å². The van der Waals surface area contributed by atoms with Crippen molar-refractivity contribution < 1.29 is 19.1 Å². The molecule has 2 aliphatic heterocycles. The number of thioether (sulfide) groups is 2. The minimum absolute atomic E-state index is 0.276. The Morgan fingerprint density at radius 2 is 1.87 bits per heavy atom. The van der Waals surface area contributed by atoms with Crippen molar-refractivity contribution in [3.63, 3.8) is 0 Å². The van der Waals surface area contributed by atoms with E-state index in [-0.39, 0.29) is 23.3 Å². The minimum atomic E-state index is -0.363. The van der Waals surface area contributed by atoms with Gasteiger partial charge in [-0.2, -0.15) is 0 Å². The molecule has 0 spiro atoms. The average Bonchev–Trinajstić information content (AvgIpc) is 3.37. The van der Waals surface area contributed by atoms with Gasteiger partial charge in [0.05, 0.1) is 15.7 Å². The topological polar surface area (TPSA) is 75.7 Å². The van der Waals surface area contributed by atoms with Crippen LogP contribution in [0.1, 0.15) is 47.6 Å². The van der Waals surface area contributed by atoms with Crippen molar-refractivity contribution in [1.82, 2.24) is 4.90 Å². The molecule has 2 aromatic carbocycles. The molecule has 4 rings (SSSR count). The van der Waals surface area contributed by atoms with Crippen LogP contribution in [-0.4, -0.2) is 54.4 Å². The number of ether oxygens (including phenoxy) is 1. The Hall–Kier alpha value is -2.29. The van der Waals surface area contributed by atoms with Crippen LogP contribution in [0.15, 0.2) is 42.5 Å². The monoisotopic (exact) mass is 442 g/mol. The summed E-state index contributed by atoms with van der Waals surface area (Å²) in [6, 6.07) is 12.5. The van der Waals surface area contributed by atoms with Crippen molar-refractivity contribution >= 4 is 46.9 Å². The van der Waals surface area contributed by atoms with Crippen LogP contribution in [0.2, 0.25) is 0 Å². The molecule has 2 heterocycles. The van der Waals surface area contributed by atoms with E-state index in [1.165, 1.54) is 16.5 Å². The lowest BCUT2D eigenvalue weighted by Gasteiger charge is -2.12. The minimum Gasteiger partial charge on any atom is -0.385 e. The van der Waals surface area contributed by atoms with E-state index in [9.17, 15) is 14.4 Å². The van der Waals surface area contributed by atoms with Gasteiger partial charge in [0, 0.05) is 43.0 Å². The molecule has 3 amide bonds. The number of carbonyl (C=O) groups is 3. The number of anilines is 1. The lowest BCUT2D eigenvalue weighted by Crippen LogP contribution is -2.31. The van der Waals surface area contributed by atoms with Gasteiger partial charge in [-0.1, -0.05) is 12.1 Å². The summed E-state index contributed by atoms with van der Waals surface area (Å²) < 4.78 is 5.39. The Morgan fingerprint density at radius 1 is 1.10 bits per heavy atom. The van der Waals surface area contributed by atoms with Crippen molar-refractivity contribution in [3.05, 3.63) is 64.7 Å². The van der Waals surface area contributed by atoms with Crippen LogP contribution < -0.4 is 5.32 Å². The Morgan fingerprint density at radius 3 is 2.63 bits per heavy atom. The van der Waals surface area contributed by atoms with Gasteiger partial charge in [0.25, 0.3) is 17.7 Å². The second-order valence-electron chi connectivity index (χ2n) is 7.02. The fourth-order valence-electron chi connectivity index (χ4n) is 3.52. The fourth-order valence-corrected chi connectivity index (χ4v) is 6.36. The van der Waals surface area contributed by atoms with Gasteiger partial charge >= 0.3 is 0 Å². The molecule has 0 atom stereocenters. The lowest BCUT2D eigenvalue weighted by atomic mass is 10.1. The number of imide groups is 1. The standard InChI is InChI=1S/C22H22N2O4S2/c1-28-9-3-8-24-20(26)17-7-6-14(13-18(17)21(24)27)19(25)23-16-5-2-4-15(12-16)22-29-10-11-30-22/h2,4-7,12-13,22H,3,8-11H2,1H3,(H,23,25). The predicted octanol–water partition coefficient (Wildman–Crippen LogP) is 4.05. The Balaban J connectivity index is 1.48. The molecular formula is C22H22N2O4S2. The van der Waals surface area contributed by atoms with Gasteiger partial charge in [0.15, 0.2) is 0 Å². The highest BCUT2D eigenvalue weighted by atomic mass is 32.2. The third-order valence-electron chi connectivity index (χ3n) is 5.00. The smallest absolute Gasteiger partial charge is 0.261 e. The van der Waals surface area contributed by atoms with E-state index in [2.05, 4.69) is 11.4 Å². The Kier molecular flexibility index (Phi) is 6.46. The predicted molar refractivity (Wildman–Crippen MR) is 120 cm³/mol. The first-order chi connectivity index (χ1) is 14.6. The molecule has 0 aromatic heterocycles. The summed E-state index contributed by atoms with van der Waals surface area (Å²) in [4.78, 5) is 39.1. The maximum Gasteiger partial charge on any atom is 0.261 e. The van der Waals surface area contributed by atoms with E-state index in [4.69, 9.17) is 4.74 Å². The molecule has 0 aliphatic carbocycles. The van der Waals surface area contributed by atoms with E-state index in [1.54, 1.807) is 19.2 Å². The highest BCUT2D eigenvalue weighted by Gasteiger charge is 2.35. The van der Waals surface area contributed by atoms with Gasteiger partial charge in [-0.15, -0.1) is 23.5 Å². The molecule has 8 heteroatoms. The number of carbonyl (C=O) groups excluding carboxylic acids is 3. The van der Waals surface area contributed by atoms with E-state index >= 15 is 0 Å². The second-order valence-corrected chi connectivity index (χ2v) is 9.75. The zero-order valence-corrected chi connectivity index (χ0v) is 18.2. The lowest BCUT2D eigenvalue weighted by molar-refractivity contribution is 0.0638. The van der Waals surface area contributed by atoms with Crippen LogP contribution in [-0.2, 0) is 4.74 Å². The quantitative estimate of drug-likeness (QED) is 0.515. The third-order valence-corrected chi connectivity index (χ3v) is 8.11. The first-order valence-corrected chi connectivity index (χ1v) is 11.8. The van der Waals surface area contributed by atoms with Crippen molar-refractivity contribution in [2.75, 3.05) is 37.1 Å². The molecule has 0 unspecified atom stereocenters. The first kappa shape index (κ1) is 21.0. The summed E-state index contributed by atoms with van der Waals surface area (Å²) in [5.74, 6) is 1.28. The molecule has 2 aliphatic rings. The first-order valence-electron chi connectivity index (χ1n) is 9.72. The molecule has 30 heavy (non-hydrogen) atoms. The molecule has 1 saturated heterocycles. The van der Waals surface area contributed by atoms with Crippen LogP contribution in [0.25, 0.3) is 0 Å². The van der Waals surface area contributed by atoms with Crippen molar-refractivity contribution in [1.29, 1.82) is 0 Å². The van der Waals surface area contributed by atoms with Gasteiger partial charge in [0.2, 0.25) is 0 Å². The molecule has 0 bridgehead atoms. The number of benzene rings is 2. The van der Waals surface area contributed by atoms with Crippen molar-refractivity contribution in [2.24, 2.45) is 0 Å². The van der Waals surface area contributed by atoms with Crippen LogP contribution in [0.3, 0.4) is 0 Å². The maximum atomic E-state index is 12.8. The van der Waals surface area contributed by atoms with Crippen LogP contribution >= 0.6 is 23.5 Å². The molecule has 2 aromatic rings. The van der Waals surface area contributed by atoms with E-state index in [0.29, 0.717) is 35.3 Å². The highest BCUT2D eigenvalue weighted by molar-refractivity contribution is 8.19. The van der Waals surface area contributed by atoms with Crippen LogP contribution in [0.4, 0.5) is 5.69 Å². The fraction of sp³-hybridized carbons (Fsp3) is 0.318. The summed E-state index contributed by atoms with van der Waals surface area (Å²) in [6.07, 6.45) is 0.573. The summed E-state index contributed by atoms with van der Waals surface area (Å²) in [7, 11) is 1.58. The molecule has 0 saturated carbocycles. The largest absolute Gasteiger partial charge is 0.385 e. The summed E-state index contributed by atoms with van der Waals surface area (Å²) in [6.45, 7) is 0.768.